The van der Waals surface area contributed by atoms with Crippen LogP contribution < -0.4 is 37.6 Å². The number of phenolic OH excluding ortho intramolecular Hbond substituents is 2. The van der Waals surface area contributed by atoms with Crippen LogP contribution >= 0.6 is 0 Å². The Morgan fingerprint density at radius 3 is 1.33 bits per heavy atom. The van der Waals surface area contributed by atoms with Crippen molar-refractivity contribution >= 4 is 47.4 Å². The van der Waals surface area contributed by atoms with Gasteiger partial charge in [-0.2, -0.15) is 0 Å². The van der Waals surface area contributed by atoms with Gasteiger partial charge in [0.05, 0.1) is 18.1 Å². The minimum Gasteiger partial charge on any atom is -0.508 e. The number of nitrogens with one attached hydrogen (secondary N) is 6. The first-order valence-electron chi connectivity index (χ1n) is 25.9. The third-order valence-electron chi connectivity index (χ3n) is 14.5. The zero-order chi connectivity index (χ0) is 60.1. The first kappa shape index (κ1) is 65.8. The molecule has 24 heteroatoms. The van der Waals surface area contributed by atoms with Crippen molar-refractivity contribution in [2.24, 2.45) is 17.6 Å². The standard InChI is InChI=1S/C29H43N5O9.C26H40N4O6/c1-16(11-19-9-8-10-20(35)12-19)26(40)34(7)18(3)23(33-24(38)17(2)32-27(41)31-15-22(36)37)25(39)30-14-21-13-29(6,42)28(4,5)43-21;1-15(11-18-9-8-10-19(31)12-18)24(34)30(7)17(3)21(29-22(32)16(2)27)23(33)28-14-20-13-26(6,35)25(4,5)36-20/h8-10,12,14,16-18,23,35,42H,11,13,15H2,1-7H3,(H,30,39)(H,33,38)(H,36,37)(H2,31,32,41);8-10,12,14-17,21,31,35H,11,13,27H2,1-7H3,(H,28,33)(H,29,32)/b21-14-;20-14-. The molecule has 8 amide bonds. The van der Waals surface area contributed by atoms with E-state index in [0.29, 0.717) is 24.4 Å². The molecule has 0 bridgehead atoms. The molecule has 4 rings (SSSR count). The summed E-state index contributed by atoms with van der Waals surface area (Å²) in [6.07, 6.45) is 3.72. The second-order valence-corrected chi connectivity index (χ2v) is 22.0. The van der Waals surface area contributed by atoms with Crippen molar-refractivity contribution in [1.29, 1.82) is 0 Å². The van der Waals surface area contributed by atoms with Gasteiger partial charge in [-0.05, 0) is 117 Å². The number of nitrogens with two attached hydrogens (primary N) is 1. The van der Waals surface area contributed by atoms with Crippen LogP contribution in [-0.2, 0) is 55.9 Å². The molecule has 2 aliphatic heterocycles. The van der Waals surface area contributed by atoms with Crippen molar-refractivity contribution in [2.45, 2.75) is 167 Å². The number of benzene rings is 2. The Morgan fingerprint density at radius 1 is 0.620 bits per heavy atom. The second-order valence-electron chi connectivity index (χ2n) is 22.0. The Kier molecular flexibility index (Phi) is 22.9. The number of urea groups is 1. The summed E-state index contributed by atoms with van der Waals surface area (Å²) >= 11 is 0. The lowest BCUT2D eigenvalue weighted by molar-refractivity contribution is -0.139. The van der Waals surface area contributed by atoms with Gasteiger partial charge in [0.2, 0.25) is 35.4 Å². The largest absolute Gasteiger partial charge is 0.508 e. The van der Waals surface area contributed by atoms with Crippen molar-refractivity contribution in [3.63, 3.8) is 0 Å². The Morgan fingerprint density at radius 2 is 1.00 bits per heavy atom. The molecule has 2 saturated heterocycles. The molecular formula is C55H83N9O15. The first-order chi connectivity index (χ1) is 36.4. The lowest BCUT2D eigenvalue weighted by Crippen LogP contribution is -2.60. The van der Waals surface area contributed by atoms with Gasteiger partial charge in [-0.3, -0.25) is 33.6 Å². The highest BCUT2D eigenvalue weighted by Crippen LogP contribution is 2.41. The molecule has 2 heterocycles. The SMILES string of the molecule is CC(Cc1cccc(O)c1)C(=O)N(C)C(C)C(NC(=O)C(C)NC(=O)NCC(=O)O)C(=O)N/C=C1/CC(C)(O)C(C)(C)O1.CC(N)C(=O)NC(C(=O)N/C=C1/CC(C)(O)C(C)(C)O1)C(C)N(C)C(=O)C(C)Cc1cccc(O)c1. The summed E-state index contributed by atoms with van der Waals surface area (Å²) in [5, 5.41) is 64.1. The molecule has 2 aliphatic rings. The van der Waals surface area contributed by atoms with Crippen LogP contribution in [0.25, 0.3) is 0 Å². The number of amides is 8. The number of phenols is 2. The Bertz CT molecular complexity index is 2560. The second kappa shape index (κ2) is 27.4. The van der Waals surface area contributed by atoms with E-state index < -0.39 is 113 Å². The molecule has 2 fully saturated rings. The van der Waals surface area contributed by atoms with Crippen LogP contribution in [0.1, 0.15) is 107 Å². The fraction of sp³-hybridized carbons (Fsp3) is 0.564. The first-order valence-corrected chi connectivity index (χ1v) is 25.9. The monoisotopic (exact) mass is 1110 g/mol. The van der Waals surface area contributed by atoms with Crippen LogP contribution in [-0.4, -0.2) is 162 Å². The van der Waals surface area contributed by atoms with Crippen LogP contribution in [0.2, 0.25) is 0 Å². The molecule has 10 unspecified atom stereocenters. The van der Waals surface area contributed by atoms with Gasteiger partial charge in [0.25, 0.3) is 0 Å². The quantitative estimate of drug-likeness (QED) is 0.0847. The van der Waals surface area contributed by atoms with Gasteiger partial charge in [-0.25, -0.2) is 4.79 Å². The fourth-order valence-electron chi connectivity index (χ4n) is 8.33. The molecule has 2 aromatic rings. The van der Waals surface area contributed by atoms with Gasteiger partial charge in [-0.1, -0.05) is 38.1 Å². The van der Waals surface area contributed by atoms with Crippen molar-refractivity contribution in [2.75, 3.05) is 20.6 Å². The zero-order valence-corrected chi connectivity index (χ0v) is 47.7. The molecule has 438 valence electrons. The van der Waals surface area contributed by atoms with E-state index in [-0.39, 0.29) is 36.2 Å². The van der Waals surface area contributed by atoms with Gasteiger partial charge < -0.3 is 82.4 Å². The maximum absolute atomic E-state index is 13.4. The molecule has 0 aromatic heterocycles. The summed E-state index contributed by atoms with van der Waals surface area (Å²) in [7, 11) is 3.07. The number of rotatable bonds is 21. The van der Waals surface area contributed by atoms with Crippen LogP contribution in [0.5, 0.6) is 11.5 Å². The average molecular weight is 1110 g/mol. The molecule has 2 aromatic carbocycles. The minimum atomic E-state index is -1.30. The number of likely N-dealkylation sites (N-methyl/N-ethyl adjacent to an activating group) is 2. The fourth-order valence-corrected chi connectivity index (χ4v) is 8.33. The van der Waals surface area contributed by atoms with E-state index in [4.69, 9.17) is 20.3 Å². The van der Waals surface area contributed by atoms with Gasteiger partial charge in [0.1, 0.15) is 70.1 Å². The number of carboxylic acids is 1. The lowest BCUT2D eigenvalue weighted by atomic mass is 9.87. The molecule has 0 radical (unpaired) electrons. The van der Waals surface area contributed by atoms with Crippen molar-refractivity contribution < 1.29 is 73.4 Å². The molecule has 0 aliphatic carbocycles. The Hall–Kier alpha value is -7.44. The number of carbonyl (C=O) groups is 8. The number of carbonyl (C=O) groups excluding carboxylic acids is 7. The number of aliphatic hydroxyl groups is 2. The molecule has 0 saturated carbocycles. The lowest BCUT2D eigenvalue weighted by Gasteiger charge is -2.33. The normalized spacial score (nSPS) is 22.0. The number of aliphatic carboxylic acids is 1. The number of aromatic hydroxyl groups is 2. The van der Waals surface area contributed by atoms with E-state index in [9.17, 15) is 58.8 Å². The van der Waals surface area contributed by atoms with Crippen LogP contribution in [0.3, 0.4) is 0 Å². The highest BCUT2D eigenvalue weighted by Gasteiger charge is 2.50. The number of carboxylic acid groups (broad SMARTS) is 1. The maximum atomic E-state index is 13.4. The predicted molar refractivity (Wildman–Crippen MR) is 291 cm³/mol. The number of nitrogens with zero attached hydrogens (tertiary/aromatic N) is 2. The van der Waals surface area contributed by atoms with Gasteiger partial charge >= 0.3 is 12.0 Å². The third kappa shape index (κ3) is 18.6. The maximum Gasteiger partial charge on any atom is 0.323 e. The van der Waals surface area contributed by atoms with E-state index >= 15 is 0 Å². The number of ether oxygens (including phenoxy) is 2. The van der Waals surface area contributed by atoms with Gasteiger partial charge in [-0.15, -0.1) is 0 Å². The van der Waals surface area contributed by atoms with E-state index in [0.717, 1.165) is 11.1 Å². The number of hydrogen-bond donors (Lipinski definition) is 12. The highest BCUT2D eigenvalue weighted by molar-refractivity contribution is 5.93. The van der Waals surface area contributed by atoms with Crippen molar-refractivity contribution in [3.05, 3.63) is 83.6 Å². The average Bonchev–Trinajstić information content (AvgIpc) is 3.79. The van der Waals surface area contributed by atoms with Gasteiger partial charge in [0.15, 0.2) is 0 Å². The Balaban J connectivity index is 0.000000422. The zero-order valence-electron chi connectivity index (χ0n) is 47.7. The molecule has 24 nitrogen and oxygen atoms in total. The van der Waals surface area contributed by atoms with E-state index in [1.165, 1.54) is 49.2 Å². The van der Waals surface area contributed by atoms with Crippen molar-refractivity contribution in [1.82, 2.24) is 41.7 Å². The summed E-state index contributed by atoms with van der Waals surface area (Å²) in [6, 6.07) is 6.31. The predicted octanol–water partition coefficient (Wildman–Crippen LogP) is 1.74. The van der Waals surface area contributed by atoms with Crippen molar-refractivity contribution in [3.8, 4) is 11.5 Å². The molecular weight excluding hydrogens is 1030 g/mol. The summed E-state index contributed by atoms with van der Waals surface area (Å²) in [5.74, 6) is -4.44. The smallest absolute Gasteiger partial charge is 0.323 e. The summed E-state index contributed by atoms with van der Waals surface area (Å²) in [4.78, 5) is 104. The highest BCUT2D eigenvalue weighted by atomic mass is 16.5. The summed E-state index contributed by atoms with van der Waals surface area (Å²) < 4.78 is 11.5. The summed E-state index contributed by atoms with van der Waals surface area (Å²) in [5.41, 5.74) is 3.19. The minimum absolute atomic E-state index is 0.0722. The summed E-state index contributed by atoms with van der Waals surface area (Å²) in [6.45, 7) is 19.1. The van der Waals surface area contributed by atoms with Crippen LogP contribution in [0, 0.1) is 11.8 Å². The van der Waals surface area contributed by atoms with Crippen LogP contribution in [0.15, 0.2) is 72.4 Å². The third-order valence-corrected chi connectivity index (χ3v) is 14.5. The van der Waals surface area contributed by atoms with Crippen LogP contribution in [0.4, 0.5) is 4.79 Å². The molecule has 10 atom stereocenters. The van der Waals surface area contributed by atoms with Gasteiger partial charge in [0, 0.05) is 51.2 Å². The van der Waals surface area contributed by atoms with E-state index in [1.54, 1.807) is 113 Å². The molecule has 0 spiro atoms. The topological polar surface area (TPSA) is 361 Å². The Labute approximate surface area is 461 Å². The molecule has 13 N–H and O–H groups in total. The number of hydrogen-bond acceptors (Lipinski definition) is 15. The van der Waals surface area contributed by atoms with E-state index in [2.05, 4.69) is 31.9 Å². The van der Waals surface area contributed by atoms with E-state index in [1.807, 2.05) is 6.07 Å². The molecule has 79 heavy (non-hydrogen) atoms.